The van der Waals surface area contributed by atoms with Gasteiger partial charge in [0.2, 0.25) is 0 Å². The topological polar surface area (TPSA) is 66.2 Å². The van der Waals surface area contributed by atoms with Crippen LogP contribution in [-0.2, 0) is 11.2 Å². The molecule has 3 heterocycles. The Morgan fingerprint density at radius 1 is 1.27 bits per heavy atom. The van der Waals surface area contributed by atoms with Crippen molar-refractivity contribution in [2.24, 2.45) is 4.99 Å². The van der Waals surface area contributed by atoms with Crippen molar-refractivity contribution in [3.63, 3.8) is 0 Å². The maximum atomic E-state index is 5.45. The monoisotopic (exact) mass is 358 g/mol. The molecule has 2 aromatic heterocycles. The Bertz CT molecular complexity index is 699. The predicted molar refractivity (Wildman–Crippen MR) is 105 cm³/mol. The molecule has 0 saturated carbocycles. The van der Waals surface area contributed by atoms with Crippen LogP contribution in [0.2, 0.25) is 0 Å². The van der Waals surface area contributed by atoms with E-state index in [-0.39, 0.29) is 5.54 Å². The van der Waals surface area contributed by atoms with Crippen molar-refractivity contribution >= 4 is 11.6 Å². The van der Waals surface area contributed by atoms with E-state index >= 15 is 0 Å². The number of nitrogens with zero attached hydrogens (tertiary/aromatic N) is 4. The number of rotatable bonds is 6. The minimum absolute atomic E-state index is 0.0585. The van der Waals surface area contributed by atoms with Gasteiger partial charge in [-0.1, -0.05) is 6.07 Å². The van der Waals surface area contributed by atoms with Crippen LogP contribution >= 0.6 is 0 Å². The summed E-state index contributed by atoms with van der Waals surface area (Å²) in [5, 5.41) is 6.83. The second kappa shape index (κ2) is 8.51. The Morgan fingerprint density at radius 3 is 2.81 bits per heavy atom. The van der Waals surface area contributed by atoms with Crippen LogP contribution in [0.1, 0.15) is 19.5 Å². The number of aliphatic imine (C=N–C) groups is 1. The van der Waals surface area contributed by atoms with Gasteiger partial charge in [0.1, 0.15) is 5.65 Å². The van der Waals surface area contributed by atoms with Crippen LogP contribution in [0.3, 0.4) is 0 Å². The summed E-state index contributed by atoms with van der Waals surface area (Å²) in [7, 11) is 1.81. The summed E-state index contributed by atoms with van der Waals surface area (Å²) in [4.78, 5) is 11.4. The van der Waals surface area contributed by atoms with Gasteiger partial charge >= 0.3 is 0 Å². The van der Waals surface area contributed by atoms with Crippen molar-refractivity contribution in [2.45, 2.75) is 25.8 Å². The highest BCUT2D eigenvalue weighted by Gasteiger charge is 2.28. The number of morpholine rings is 1. The number of guanidine groups is 1. The lowest BCUT2D eigenvalue weighted by Crippen LogP contribution is -2.56. The van der Waals surface area contributed by atoms with E-state index in [0.29, 0.717) is 0 Å². The normalized spacial score (nSPS) is 16.8. The summed E-state index contributed by atoms with van der Waals surface area (Å²) in [5.41, 5.74) is 2.12. The highest BCUT2D eigenvalue weighted by atomic mass is 16.5. The average molecular weight is 358 g/mol. The lowest BCUT2D eigenvalue weighted by Gasteiger charge is -2.41. The van der Waals surface area contributed by atoms with Gasteiger partial charge in [0.15, 0.2) is 5.96 Å². The zero-order valence-corrected chi connectivity index (χ0v) is 16.0. The molecule has 1 saturated heterocycles. The van der Waals surface area contributed by atoms with Gasteiger partial charge in [0, 0.05) is 57.6 Å². The molecule has 1 aliphatic rings. The summed E-state index contributed by atoms with van der Waals surface area (Å²) >= 11 is 0. The lowest BCUT2D eigenvalue weighted by molar-refractivity contribution is -0.00833. The molecular weight excluding hydrogens is 328 g/mol. The van der Waals surface area contributed by atoms with Gasteiger partial charge in [-0.05, 0) is 26.0 Å². The van der Waals surface area contributed by atoms with Gasteiger partial charge in [-0.2, -0.15) is 0 Å². The molecule has 1 fully saturated rings. The minimum Gasteiger partial charge on any atom is -0.379 e. The fraction of sp³-hybridized carbons (Fsp3) is 0.579. The molecule has 2 N–H and O–H groups in total. The number of fused-ring (bicyclic) bond motifs is 1. The fourth-order valence-electron chi connectivity index (χ4n) is 3.22. The molecule has 0 amide bonds. The third-order valence-corrected chi connectivity index (χ3v) is 4.87. The Hall–Kier alpha value is -2.12. The largest absolute Gasteiger partial charge is 0.379 e. The molecular formula is C19H30N6O. The van der Waals surface area contributed by atoms with E-state index in [1.165, 1.54) is 0 Å². The maximum absolute atomic E-state index is 5.45. The molecule has 3 rings (SSSR count). The molecule has 26 heavy (non-hydrogen) atoms. The number of aromatic nitrogens is 2. The SMILES string of the molecule is CN=C(NCCc1cn2ccccc2n1)NCC(C)(C)N1CCOCC1. The third-order valence-electron chi connectivity index (χ3n) is 4.87. The standard InChI is InChI=1S/C19H30N6O/c1-19(2,25-10-12-26-13-11-25)15-22-18(20-3)21-8-7-16-14-24-9-5-4-6-17(24)23-16/h4-6,9,14H,7-8,10-13,15H2,1-3H3,(H2,20,21,22). The van der Waals surface area contributed by atoms with Gasteiger partial charge in [0.05, 0.1) is 18.9 Å². The van der Waals surface area contributed by atoms with Crippen molar-refractivity contribution < 1.29 is 4.74 Å². The van der Waals surface area contributed by atoms with Crippen LogP contribution in [0.25, 0.3) is 5.65 Å². The zero-order chi connectivity index (χ0) is 18.4. The molecule has 0 aromatic carbocycles. The summed E-state index contributed by atoms with van der Waals surface area (Å²) in [6.07, 6.45) is 4.96. The van der Waals surface area contributed by atoms with Crippen LogP contribution < -0.4 is 10.6 Å². The second-order valence-electron chi connectivity index (χ2n) is 7.21. The third kappa shape index (κ3) is 4.74. The smallest absolute Gasteiger partial charge is 0.191 e. The molecule has 0 bridgehead atoms. The highest BCUT2D eigenvalue weighted by molar-refractivity contribution is 5.79. The predicted octanol–water partition coefficient (Wildman–Crippen LogP) is 1.15. The van der Waals surface area contributed by atoms with Crippen molar-refractivity contribution in [3.8, 4) is 0 Å². The molecule has 2 aromatic rings. The van der Waals surface area contributed by atoms with Gasteiger partial charge in [-0.3, -0.25) is 9.89 Å². The first-order valence-corrected chi connectivity index (χ1v) is 9.28. The summed E-state index contributed by atoms with van der Waals surface area (Å²) < 4.78 is 7.50. The first-order valence-electron chi connectivity index (χ1n) is 9.28. The van der Waals surface area contributed by atoms with Gasteiger partial charge in [0.25, 0.3) is 0 Å². The summed E-state index contributed by atoms with van der Waals surface area (Å²) in [6.45, 7) is 9.74. The number of hydrogen-bond acceptors (Lipinski definition) is 4. The Kier molecular flexibility index (Phi) is 6.11. The average Bonchev–Trinajstić information content (AvgIpc) is 3.08. The van der Waals surface area contributed by atoms with Crippen LogP contribution in [-0.4, -0.2) is 72.2 Å². The van der Waals surface area contributed by atoms with Gasteiger partial charge in [-0.25, -0.2) is 4.98 Å². The number of nitrogens with one attached hydrogen (secondary N) is 2. The minimum atomic E-state index is 0.0585. The van der Waals surface area contributed by atoms with Crippen LogP contribution in [0, 0.1) is 0 Å². The summed E-state index contributed by atoms with van der Waals surface area (Å²) in [5.74, 6) is 0.829. The fourth-order valence-corrected chi connectivity index (χ4v) is 3.22. The first-order chi connectivity index (χ1) is 12.6. The first kappa shape index (κ1) is 18.7. The quantitative estimate of drug-likeness (QED) is 0.599. The lowest BCUT2D eigenvalue weighted by atomic mass is 10.0. The molecule has 7 nitrogen and oxygen atoms in total. The number of ether oxygens (including phenoxy) is 1. The van der Waals surface area contributed by atoms with E-state index < -0.39 is 0 Å². The van der Waals surface area contributed by atoms with E-state index in [1.54, 1.807) is 0 Å². The second-order valence-corrected chi connectivity index (χ2v) is 7.21. The summed E-state index contributed by atoms with van der Waals surface area (Å²) in [6, 6.07) is 6.04. The molecule has 0 atom stereocenters. The van der Waals surface area contributed by atoms with Crippen molar-refractivity contribution in [1.82, 2.24) is 24.9 Å². The number of pyridine rings is 1. The van der Waals surface area contributed by atoms with Gasteiger partial charge < -0.3 is 19.8 Å². The van der Waals surface area contributed by atoms with Gasteiger partial charge in [-0.15, -0.1) is 0 Å². The van der Waals surface area contributed by atoms with E-state index in [9.17, 15) is 0 Å². The zero-order valence-electron chi connectivity index (χ0n) is 16.0. The molecule has 1 aliphatic heterocycles. The van der Waals surface area contributed by atoms with E-state index in [0.717, 1.165) is 63.1 Å². The Morgan fingerprint density at radius 2 is 2.08 bits per heavy atom. The number of imidazole rings is 1. The van der Waals surface area contributed by atoms with E-state index in [4.69, 9.17) is 4.74 Å². The van der Waals surface area contributed by atoms with Crippen molar-refractivity contribution in [3.05, 3.63) is 36.3 Å². The van der Waals surface area contributed by atoms with E-state index in [2.05, 4.69) is 45.6 Å². The number of hydrogen-bond donors (Lipinski definition) is 2. The molecule has 0 spiro atoms. The van der Waals surface area contributed by atoms with E-state index in [1.807, 2.05) is 35.8 Å². The highest BCUT2D eigenvalue weighted by Crippen LogP contribution is 2.15. The Labute approximate surface area is 155 Å². The molecule has 0 radical (unpaired) electrons. The van der Waals surface area contributed by atoms with Crippen LogP contribution in [0.15, 0.2) is 35.6 Å². The van der Waals surface area contributed by atoms with Crippen LogP contribution in [0.5, 0.6) is 0 Å². The molecule has 142 valence electrons. The van der Waals surface area contributed by atoms with Crippen LogP contribution in [0.4, 0.5) is 0 Å². The Balaban J connectivity index is 1.45. The van der Waals surface area contributed by atoms with Crippen molar-refractivity contribution in [2.75, 3.05) is 46.4 Å². The molecule has 0 aliphatic carbocycles. The van der Waals surface area contributed by atoms with Crippen molar-refractivity contribution in [1.29, 1.82) is 0 Å². The molecule has 7 heteroatoms. The molecule has 0 unspecified atom stereocenters. The maximum Gasteiger partial charge on any atom is 0.191 e.